The van der Waals surface area contributed by atoms with Gasteiger partial charge in [0.15, 0.2) is 0 Å². The van der Waals surface area contributed by atoms with E-state index in [-0.39, 0.29) is 6.04 Å². The van der Waals surface area contributed by atoms with Crippen molar-refractivity contribution in [2.45, 2.75) is 39.8 Å². The molecule has 0 aliphatic carbocycles. The summed E-state index contributed by atoms with van der Waals surface area (Å²) in [7, 11) is 1.72. The molecule has 112 valence electrons. The molecule has 1 unspecified atom stereocenters. The van der Waals surface area contributed by atoms with Crippen molar-refractivity contribution in [2.24, 2.45) is 0 Å². The molecule has 0 radical (unpaired) electrons. The lowest BCUT2D eigenvalue weighted by atomic mass is 9.98. The largest absolute Gasteiger partial charge is 0.496 e. The van der Waals surface area contributed by atoms with Gasteiger partial charge < -0.3 is 10.1 Å². The molecule has 1 N–H and O–H groups in total. The highest BCUT2D eigenvalue weighted by molar-refractivity contribution is 5.36. The maximum atomic E-state index is 5.45. The van der Waals surface area contributed by atoms with Crippen molar-refractivity contribution < 1.29 is 4.74 Å². The molecule has 2 aromatic carbocycles. The number of rotatable bonds is 5. The summed E-state index contributed by atoms with van der Waals surface area (Å²) in [6.07, 6.45) is 0. The van der Waals surface area contributed by atoms with Gasteiger partial charge in [0, 0.05) is 17.6 Å². The van der Waals surface area contributed by atoms with Crippen LogP contribution in [0.25, 0.3) is 0 Å². The van der Waals surface area contributed by atoms with Crippen LogP contribution in [0.3, 0.4) is 0 Å². The van der Waals surface area contributed by atoms with Gasteiger partial charge in [-0.2, -0.15) is 0 Å². The number of nitrogens with one attached hydrogen (secondary N) is 1. The minimum atomic E-state index is 0.233. The SMILES string of the molecule is COc1ccccc1[C@H](C)NC(C)c1ccc(C)cc1C. The fraction of sp³-hybridized carbons (Fsp3) is 0.368. The summed E-state index contributed by atoms with van der Waals surface area (Å²) in [5.41, 5.74) is 5.18. The topological polar surface area (TPSA) is 21.3 Å². The number of hydrogen-bond acceptors (Lipinski definition) is 2. The lowest BCUT2D eigenvalue weighted by Gasteiger charge is -2.23. The standard InChI is InChI=1S/C19H25NO/c1-13-10-11-17(14(2)12-13)15(3)20-16(4)18-8-6-7-9-19(18)21-5/h6-12,15-16,20H,1-5H3/t15?,16-/m0/s1. The van der Waals surface area contributed by atoms with Crippen molar-refractivity contribution in [2.75, 3.05) is 7.11 Å². The first-order chi connectivity index (χ1) is 10.0. The van der Waals surface area contributed by atoms with E-state index in [1.54, 1.807) is 7.11 Å². The highest BCUT2D eigenvalue weighted by atomic mass is 16.5. The van der Waals surface area contributed by atoms with Crippen molar-refractivity contribution in [3.8, 4) is 5.75 Å². The summed E-state index contributed by atoms with van der Waals surface area (Å²) in [6.45, 7) is 8.70. The van der Waals surface area contributed by atoms with Crippen molar-refractivity contribution in [3.63, 3.8) is 0 Å². The molecule has 2 atom stereocenters. The normalized spacial score (nSPS) is 13.8. The van der Waals surface area contributed by atoms with E-state index in [0.717, 1.165) is 5.75 Å². The van der Waals surface area contributed by atoms with Gasteiger partial charge in [-0.25, -0.2) is 0 Å². The molecule has 0 heterocycles. The molecule has 0 saturated heterocycles. The van der Waals surface area contributed by atoms with Crippen LogP contribution in [0.5, 0.6) is 5.75 Å². The Bertz CT molecular complexity index is 606. The average Bonchev–Trinajstić information content (AvgIpc) is 2.46. The third kappa shape index (κ3) is 3.64. The zero-order valence-electron chi connectivity index (χ0n) is 13.6. The van der Waals surface area contributed by atoms with Crippen LogP contribution < -0.4 is 10.1 Å². The molecule has 0 spiro atoms. The Kier molecular flexibility index (Phi) is 5.03. The summed E-state index contributed by atoms with van der Waals surface area (Å²) >= 11 is 0. The molecule has 2 nitrogen and oxygen atoms in total. The molecular formula is C19H25NO. The van der Waals surface area contributed by atoms with Crippen molar-refractivity contribution in [1.82, 2.24) is 5.32 Å². The third-order valence-electron chi connectivity index (χ3n) is 4.00. The van der Waals surface area contributed by atoms with E-state index in [1.807, 2.05) is 12.1 Å². The summed E-state index contributed by atoms with van der Waals surface area (Å²) < 4.78 is 5.45. The molecular weight excluding hydrogens is 258 g/mol. The number of benzene rings is 2. The third-order valence-corrected chi connectivity index (χ3v) is 4.00. The summed E-state index contributed by atoms with van der Waals surface area (Å²) in [6, 6.07) is 15.3. The van der Waals surface area contributed by atoms with Crippen LogP contribution in [-0.4, -0.2) is 7.11 Å². The molecule has 2 heteroatoms. The molecule has 0 saturated carbocycles. The van der Waals surface area contributed by atoms with Crippen LogP contribution in [0, 0.1) is 13.8 Å². The molecule has 21 heavy (non-hydrogen) atoms. The Morgan fingerprint density at radius 3 is 2.24 bits per heavy atom. The van der Waals surface area contributed by atoms with Gasteiger partial charge in [-0.1, -0.05) is 42.0 Å². The minimum Gasteiger partial charge on any atom is -0.496 e. The van der Waals surface area contributed by atoms with Gasteiger partial charge in [-0.15, -0.1) is 0 Å². The van der Waals surface area contributed by atoms with Crippen molar-refractivity contribution in [3.05, 3.63) is 64.7 Å². The van der Waals surface area contributed by atoms with Gasteiger partial charge in [-0.05, 0) is 44.9 Å². The van der Waals surface area contributed by atoms with Crippen molar-refractivity contribution in [1.29, 1.82) is 0 Å². The molecule has 0 amide bonds. The van der Waals surface area contributed by atoms with Crippen LogP contribution in [0.15, 0.2) is 42.5 Å². The Labute approximate surface area is 128 Å². The molecule has 0 fully saturated rings. The molecule has 2 rings (SSSR count). The zero-order valence-corrected chi connectivity index (χ0v) is 13.6. The maximum absolute atomic E-state index is 5.45. The highest BCUT2D eigenvalue weighted by Gasteiger charge is 2.15. The lowest BCUT2D eigenvalue weighted by Crippen LogP contribution is -2.23. The number of aryl methyl sites for hydroxylation is 2. The number of methoxy groups -OCH3 is 1. The molecule has 0 bridgehead atoms. The Morgan fingerprint density at radius 1 is 0.905 bits per heavy atom. The van der Waals surface area contributed by atoms with Gasteiger partial charge in [-0.3, -0.25) is 0 Å². The Hall–Kier alpha value is -1.80. The molecule has 0 aromatic heterocycles. The molecule has 2 aromatic rings. The first-order valence-corrected chi connectivity index (χ1v) is 7.49. The van der Waals surface area contributed by atoms with Gasteiger partial charge >= 0.3 is 0 Å². The van der Waals surface area contributed by atoms with Gasteiger partial charge in [0.2, 0.25) is 0 Å². The van der Waals surface area contributed by atoms with Crippen LogP contribution in [0.4, 0.5) is 0 Å². The highest BCUT2D eigenvalue weighted by Crippen LogP contribution is 2.27. The first-order valence-electron chi connectivity index (χ1n) is 7.49. The van der Waals surface area contributed by atoms with Gasteiger partial charge in [0.05, 0.1) is 7.11 Å². The monoisotopic (exact) mass is 283 g/mol. The Morgan fingerprint density at radius 2 is 1.57 bits per heavy atom. The Balaban J connectivity index is 2.16. The second-order valence-corrected chi connectivity index (χ2v) is 5.71. The summed E-state index contributed by atoms with van der Waals surface area (Å²) in [5.74, 6) is 0.935. The quantitative estimate of drug-likeness (QED) is 0.857. The van der Waals surface area contributed by atoms with Gasteiger partial charge in [0.1, 0.15) is 5.75 Å². The smallest absolute Gasteiger partial charge is 0.123 e. The maximum Gasteiger partial charge on any atom is 0.123 e. The minimum absolute atomic E-state index is 0.233. The predicted molar refractivity (Wildman–Crippen MR) is 88.9 cm³/mol. The van der Waals surface area contributed by atoms with E-state index in [0.29, 0.717) is 6.04 Å². The van der Waals surface area contributed by atoms with Crippen molar-refractivity contribution >= 4 is 0 Å². The van der Waals surface area contributed by atoms with E-state index < -0.39 is 0 Å². The van der Waals surface area contributed by atoms with Crippen LogP contribution in [0.1, 0.15) is 48.2 Å². The lowest BCUT2D eigenvalue weighted by molar-refractivity contribution is 0.396. The van der Waals surface area contributed by atoms with Gasteiger partial charge in [0.25, 0.3) is 0 Å². The van der Waals surface area contributed by atoms with E-state index in [2.05, 4.69) is 63.3 Å². The van der Waals surface area contributed by atoms with E-state index in [1.165, 1.54) is 22.3 Å². The van der Waals surface area contributed by atoms with E-state index in [4.69, 9.17) is 4.74 Å². The average molecular weight is 283 g/mol. The number of para-hydroxylation sites is 1. The van der Waals surface area contributed by atoms with Crippen LogP contribution in [0.2, 0.25) is 0 Å². The molecule has 0 aliphatic rings. The predicted octanol–water partition coefficient (Wildman–Crippen LogP) is 4.72. The fourth-order valence-corrected chi connectivity index (χ4v) is 2.89. The second-order valence-electron chi connectivity index (χ2n) is 5.71. The fourth-order valence-electron chi connectivity index (χ4n) is 2.89. The second kappa shape index (κ2) is 6.77. The van der Waals surface area contributed by atoms with Crippen LogP contribution in [-0.2, 0) is 0 Å². The first kappa shape index (κ1) is 15.6. The van der Waals surface area contributed by atoms with Crippen LogP contribution >= 0.6 is 0 Å². The van der Waals surface area contributed by atoms with E-state index >= 15 is 0 Å². The zero-order chi connectivity index (χ0) is 15.4. The number of ether oxygens (including phenoxy) is 1. The van der Waals surface area contributed by atoms with E-state index in [9.17, 15) is 0 Å². The summed E-state index contributed by atoms with van der Waals surface area (Å²) in [4.78, 5) is 0. The summed E-state index contributed by atoms with van der Waals surface area (Å²) in [5, 5.41) is 3.67. The number of hydrogen-bond donors (Lipinski definition) is 1. The molecule has 0 aliphatic heterocycles.